The zero-order valence-electron chi connectivity index (χ0n) is 14.5. The van der Waals surface area contributed by atoms with Crippen molar-refractivity contribution in [2.24, 2.45) is 0 Å². The predicted octanol–water partition coefficient (Wildman–Crippen LogP) is -0.444. The van der Waals surface area contributed by atoms with Gasteiger partial charge in [0.15, 0.2) is 0 Å². The van der Waals surface area contributed by atoms with E-state index in [-0.39, 0.29) is 12.4 Å². The van der Waals surface area contributed by atoms with Crippen LogP contribution in [0.3, 0.4) is 0 Å². The molecule has 3 rings (SSSR count). The van der Waals surface area contributed by atoms with Crippen LogP contribution in [0.2, 0.25) is 0 Å². The second kappa shape index (κ2) is 8.86. The normalized spacial score (nSPS) is 11.0. The number of likely N-dealkylation sites (N-methyl/N-ethyl adjacent to an activating group) is 1. The summed E-state index contributed by atoms with van der Waals surface area (Å²) in [5, 5.41) is 0. The van der Waals surface area contributed by atoms with E-state index in [4.69, 9.17) is 4.98 Å². The number of fused-ring (bicyclic) bond motifs is 1. The molecule has 0 bridgehead atoms. The highest BCUT2D eigenvalue weighted by atomic mass is 35.5. The lowest BCUT2D eigenvalue weighted by atomic mass is 10.1. The van der Waals surface area contributed by atoms with E-state index in [9.17, 15) is 0 Å². The Morgan fingerprint density at radius 3 is 2.29 bits per heavy atom. The first-order valence-corrected chi connectivity index (χ1v) is 8.63. The topological polar surface area (TPSA) is 22.3 Å². The summed E-state index contributed by atoms with van der Waals surface area (Å²) in [6.07, 6.45) is 0.892. The summed E-state index contributed by atoms with van der Waals surface area (Å²) >= 11 is 0. The van der Waals surface area contributed by atoms with Crippen molar-refractivity contribution in [2.45, 2.75) is 26.8 Å². The second-order valence-corrected chi connectivity index (χ2v) is 6.04. The van der Waals surface area contributed by atoms with Crippen molar-refractivity contribution in [3.63, 3.8) is 0 Å². The first-order valence-electron chi connectivity index (χ1n) is 8.63. The molecule has 0 aliphatic rings. The zero-order chi connectivity index (χ0) is 16.1. The van der Waals surface area contributed by atoms with Crippen LogP contribution in [0.4, 0.5) is 0 Å². The van der Waals surface area contributed by atoms with Crippen LogP contribution >= 0.6 is 0 Å². The van der Waals surface area contributed by atoms with E-state index < -0.39 is 0 Å². The van der Waals surface area contributed by atoms with Gasteiger partial charge in [-0.1, -0.05) is 42.5 Å². The number of aromatic nitrogens is 2. The predicted molar refractivity (Wildman–Crippen MR) is 95.9 cm³/mol. The van der Waals surface area contributed by atoms with Crippen LogP contribution in [0.15, 0.2) is 54.6 Å². The molecule has 1 aromatic heterocycles. The third-order valence-corrected chi connectivity index (χ3v) is 4.63. The highest BCUT2D eigenvalue weighted by Gasteiger charge is 2.12. The first-order chi connectivity index (χ1) is 11.3. The van der Waals surface area contributed by atoms with Crippen LogP contribution in [0, 0.1) is 0 Å². The Hall–Kier alpha value is -1.84. The summed E-state index contributed by atoms with van der Waals surface area (Å²) < 4.78 is 2.41. The minimum Gasteiger partial charge on any atom is -1.00 e. The smallest absolute Gasteiger partial charge is 0.114 e. The molecule has 24 heavy (non-hydrogen) atoms. The number of quaternary nitrogens is 1. The quantitative estimate of drug-likeness (QED) is 0.617. The molecule has 0 aliphatic heterocycles. The lowest BCUT2D eigenvalue weighted by molar-refractivity contribution is -0.897. The summed E-state index contributed by atoms with van der Waals surface area (Å²) in [7, 11) is 0. The molecule has 4 heteroatoms. The maximum absolute atomic E-state index is 4.89. The number of imidazole rings is 1. The molecule has 0 radical (unpaired) electrons. The molecule has 0 fully saturated rings. The van der Waals surface area contributed by atoms with Gasteiger partial charge >= 0.3 is 0 Å². The van der Waals surface area contributed by atoms with E-state index in [0.717, 1.165) is 25.0 Å². The average Bonchev–Trinajstić information content (AvgIpc) is 2.94. The minimum atomic E-state index is 0. The number of nitrogens with zero attached hydrogens (tertiary/aromatic N) is 2. The molecule has 0 saturated carbocycles. The third-order valence-electron chi connectivity index (χ3n) is 4.63. The van der Waals surface area contributed by atoms with Gasteiger partial charge in [-0.05, 0) is 31.5 Å². The SMILES string of the molecule is CC[NH+](CC)CCn1c(Cc2ccccc2)nc2ccccc21.[Cl-]. The Bertz CT molecular complexity index is 748. The molecule has 3 aromatic rings. The van der Waals surface area contributed by atoms with Gasteiger partial charge in [0.25, 0.3) is 0 Å². The van der Waals surface area contributed by atoms with Crippen LogP contribution in [0.1, 0.15) is 25.2 Å². The van der Waals surface area contributed by atoms with Crippen LogP contribution < -0.4 is 17.3 Å². The Morgan fingerprint density at radius 2 is 1.58 bits per heavy atom. The van der Waals surface area contributed by atoms with Gasteiger partial charge in [0.05, 0.1) is 37.2 Å². The van der Waals surface area contributed by atoms with E-state index >= 15 is 0 Å². The van der Waals surface area contributed by atoms with E-state index in [0.29, 0.717) is 0 Å². The summed E-state index contributed by atoms with van der Waals surface area (Å²) in [5.74, 6) is 1.17. The van der Waals surface area contributed by atoms with E-state index in [1.807, 2.05) is 0 Å². The fourth-order valence-corrected chi connectivity index (χ4v) is 3.16. The van der Waals surface area contributed by atoms with Crippen molar-refractivity contribution in [1.29, 1.82) is 0 Å². The summed E-state index contributed by atoms with van der Waals surface area (Å²) in [6, 6.07) is 19.1. The molecular formula is C20H26ClN3. The van der Waals surface area contributed by atoms with Gasteiger partial charge < -0.3 is 21.9 Å². The number of hydrogen-bond donors (Lipinski definition) is 1. The number of halogens is 1. The van der Waals surface area contributed by atoms with Gasteiger partial charge in [-0.2, -0.15) is 0 Å². The van der Waals surface area contributed by atoms with E-state index in [1.54, 1.807) is 4.90 Å². The fraction of sp³-hybridized carbons (Fsp3) is 0.350. The molecule has 2 aromatic carbocycles. The van der Waals surface area contributed by atoms with Gasteiger partial charge in [-0.15, -0.1) is 0 Å². The summed E-state index contributed by atoms with van der Waals surface area (Å²) in [5.41, 5.74) is 3.68. The maximum Gasteiger partial charge on any atom is 0.114 e. The zero-order valence-corrected chi connectivity index (χ0v) is 15.3. The summed E-state index contributed by atoms with van der Waals surface area (Å²) in [6.45, 7) is 9.05. The molecule has 0 unspecified atom stereocenters. The Kier molecular flexibility index (Phi) is 6.83. The van der Waals surface area contributed by atoms with Gasteiger partial charge in [-0.25, -0.2) is 4.98 Å². The molecular weight excluding hydrogens is 318 g/mol. The number of nitrogens with one attached hydrogen (secondary N) is 1. The molecule has 0 spiro atoms. The van der Waals surface area contributed by atoms with Crippen molar-refractivity contribution < 1.29 is 17.3 Å². The molecule has 1 heterocycles. The van der Waals surface area contributed by atoms with Crippen molar-refractivity contribution in [3.05, 3.63) is 66.0 Å². The fourth-order valence-electron chi connectivity index (χ4n) is 3.16. The third kappa shape index (κ3) is 4.16. The van der Waals surface area contributed by atoms with Crippen LogP contribution in [0.25, 0.3) is 11.0 Å². The Morgan fingerprint density at radius 1 is 0.917 bits per heavy atom. The number of hydrogen-bond acceptors (Lipinski definition) is 1. The molecule has 0 saturated heterocycles. The Labute approximate surface area is 150 Å². The number of rotatable bonds is 7. The van der Waals surface area contributed by atoms with Crippen molar-refractivity contribution in [3.8, 4) is 0 Å². The molecule has 0 amide bonds. The average molecular weight is 344 g/mol. The Balaban J connectivity index is 0.00000208. The standard InChI is InChI=1S/C20H25N3.ClH/c1-3-22(4-2)14-15-23-19-13-9-8-12-18(19)21-20(23)16-17-10-6-5-7-11-17;/h5-13H,3-4,14-16H2,1-2H3;1H. The molecule has 1 N–H and O–H groups in total. The minimum absolute atomic E-state index is 0. The van der Waals surface area contributed by atoms with Crippen molar-refractivity contribution in [1.82, 2.24) is 9.55 Å². The molecule has 128 valence electrons. The van der Waals surface area contributed by atoms with Crippen molar-refractivity contribution in [2.75, 3.05) is 19.6 Å². The van der Waals surface area contributed by atoms with Gasteiger partial charge in [0.2, 0.25) is 0 Å². The van der Waals surface area contributed by atoms with Crippen LogP contribution in [0.5, 0.6) is 0 Å². The van der Waals surface area contributed by atoms with Crippen LogP contribution in [-0.2, 0) is 13.0 Å². The van der Waals surface area contributed by atoms with Gasteiger partial charge in [-0.3, -0.25) is 0 Å². The number of para-hydroxylation sites is 2. The van der Waals surface area contributed by atoms with Gasteiger partial charge in [0, 0.05) is 6.42 Å². The molecule has 3 nitrogen and oxygen atoms in total. The first kappa shape index (κ1) is 18.5. The van der Waals surface area contributed by atoms with Gasteiger partial charge in [0.1, 0.15) is 5.82 Å². The maximum atomic E-state index is 4.89. The second-order valence-electron chi connectivity index (χ2n) is 6.04. The lowest BCUT2D eigenvalue weighted by Crippen LogP contribution is -3.11. The summed E-state index contributed by atoms with van der Waals surface area (Å²) in [4.78, 5) is 6.52. The molecule has 0 aliphatic carbocycles. The van der Waals surface area contributed by atoms with Crippen molar-refractivity contribution >= 4 is 11.0 Å². The van der Waals surface area contributed by atoms with Crippen LogP contribution in [-0.4, -0.2) is 29.2 Å². The number of benzene rings is 2. The largest absolute Gasteiger partial charge is 1.00 e. The monoisotopic (exact) mass is 343 g/mol. The molecule has 0 atom stereocenters. The van der Waals surface area contributed by atoms with E-state index in [1.165, 1.54) is 30.0 Å². The van der Waals surface area contributed by atoms with E-state index in [2.05, 4.69) is 73.0 Å². The highest BCUT2D eigenvalue weighted by molar-refractivity contribution is 5.76. The lowest BCUT2D eigenvalue weighted by Gasteiger charge is -2.17. The highest BCUT2D eigenvalue weighted by Crippen LogP contribution is 2.18.